The Bertz CT molecular complexity index is 1090. The molecular weight excluding hydrogens is 420 g/mol. The molecule has 3 heterocycles. The highest BCUT2D eigenvalue weighted by molar-refractivity contribution is 5.78. The van der Waals surface area contributed by atoms with Gasteiger partial charge in [0.15, 0.2) is 5.82 Å². The summed E-state index contributed by atoms with van der Waals surface area (Å²) < 4.78 is 0. The number of nitrogens with zero attached hydrogens (tertiary/aromatic N) is 5. The number of benzene rings is 1. The fraction of sp³-hybridized carbons (Fsp3) is 0.500. The summed E-state index contributed by atoms with van der Waals surface area (Å²) in [4.78, 5) is 16.1. The van der Waals surface area contributed by atoms with Crippen LogP contribution in [0.2, 0.25) is 0 Å². The highest BCUT2D eigenvalue weighted by Crippen LogP contribution is 2.37. The number of hydrogen-bond acceptors (Lipinski definition) is 8. The van der Waals surface area contributed by atoms with E-state index in [2.05, 4.69) is 31.4 Å². The van der Waals surface area contributed by atoms with Gasteiger partial charge in [0.05, 0.1) is 28.4 Å². The minimum absolute atomic E-state index is 0.0115. The number of anilines is 2. The lowest BCUT2D eigenvalue weighted by atomic mass is 9.91. The van der Waals surface area contributed by atoms with Crippen LogP contribution < -0.4 is 10.2 Å². The molecule has 0 aliphatic carbocycles. The van der Waals surface area contributed by atoms with E-state index in [1.807, 2.05) is 13.0 Å². The average Bonchev–Trinajstić information content (AvgIpc) is 2.77. The molecule has 174 valence electrons. The van der Waals surface area contributed by atoms with Crippen molar-refractivity contribution in [1.82, 2.24) is 15.1 Å². The first-order chi connectivity index (χ1) is 15.7. The lowest BCUT2D eigenvalue weighted by Gasteiger charge is -2.43. The van der Waals surface area contributed by atoms with Gasteiger partial charge in [0.2, 0.25) is 0 Å². The van der Waals surface area contributed by atoms with E-state index in [1.54, 1.807) is 19.9 Å². The minimum Gasteiger partial charge on any atom is -0.507 e. The second-order valence-corrected chi connectivity index (χ2v) is 9.61. The lowest BCUT2D eigenvalue weighted by Crippen LogP contribution is -2.53. The normalized spacial score (nSPS) is 18.8. The maximum absolute atomic E-state index is 11.6. The number of nitriles is 1. The monoisotopic (exact) mass is 450 g/mol. The van der Waals surface area contributed by atoms with E-state index in [1.165, 1.54) is 6.07 Å². The molecule has 1 atom stereocenters. The van der Waals surface area contributed by atoms with Crippen molar-refractivity contribution in [2.24, 2.45) is 5.41 Å². The molecule has 4 rings (SSSR count). The minimum atomic E-state index is -0.793. The van der Waals surface area contributed by atoms with Crippen LogP contribution in [0, 0.1) is 23.7 Å². The van der Waals surface area contributed by atoms with E-state index >= 15 is 0 Å². The van der Waals surface area contributed by atoms with Crippen molar-refractivity contribution >= 4 is 17.5 Å². The number of aliphatic carboxylic acids is 1. The van der Waals surface area contributed by atoms with Gasteiger partial charge in [-0.15, -0.1) is 10.2 Å². The van der Waals surface area contributed by atoms with Crippen molar-refractivity contribution in [3.05, 3.63) is 29.3 Å². The Morgan fingerprint density at radius 2 is 2.09 bits per heavy atom. The van der Waals surface area contributed by atoms with E-state index in [0.29, 0.717) is 23.4 Å². The summed E-state index contributed by atoms with van der Waals surface area (Å²) in [5.74, 6) is 0.00875. The number of aromatic hydroxyl groups is 1. The van der Waals surface area contributed by atoms with Crippen molar-refractivity contribution in [2.75, 3.05) is 42.9 Å². The molecule has 0 radical (unpaired) electrons. The molecule has 2 aliphatic heterocycles. The van der Waals surface area contributed by atoms with Crippen LogP contribution in [0.3, 0.4) is 0 Å². The van der Waals surface area contributed by atoms with Crippen LogP contribution >= 0.6 is 0 Å². The van der Waals surface area contributed by atoms with Gasteiger partial charge in [-0.2, -0.15) is 5.26 Å². The highest BCUT2D eigenvalue weighted by Gasteiger charge is 2.35. The smallest absolute Gasteiger partial charge is 0.310 e. The van der Waals surface area contributed by atoms with E-state index in [-0.39, 0.29) is 11.8 Å². The van der Waals surface area contributed by atoms with Crippen LogP contribution in [0.25, 0.3) is 11.3 Å². The predicted octanol–water partition coefficient (Wildman–Crippen LogP) is 2.84. The summed E-state index contributed by atoms with van der Waals surface area (Å²) in [7, 11) is 0. The zero-order valence-corrected chi connectivity index (χ0v) is 19.3. The molecule has 0 saturated carbocycles. The first-order valence-corrected chi connectivity index (χ1v) is 11.3. The van der Waals surface area contributed by atoms with E-state index in [0.717, 1.165) is 56.1 Å². The third-order valence-electron chi connectivity index (χ3n) is 6.53. The maximum atomic E-state index is 11.6. The van der Waals surface area contributed by atoms with Crippen LogP contribution in [0.4, 0.5) is 11.5 Å². The van der Waals surface area contributed by atoms with Crippen LogP contribution in [0.5, 0.6) is 5.75 Å². The molecule has 1 fully saturated rings. The molecule has 0 unspecified atom stereocenters. The molecule has 0 spiro atoms. The molecular formula is C24H30N6O3. The predicted molar refractivity (Wildman–Crippen MR) is 125 cm³/mol. The molecule has 2 aliphatic rings. The van der Waals surface area contributed by atoms with Crippen molar-refractivity contribution in [2.45, 2.75) is 39.7 Å². The standard InChI is InChI=1S/C24H30N6O3/c1-15-9-16(12-25)10-20(31)21(15)18-11-19-22(28-27-18)30(8-6-26-19)17-5-4-7-29(13-17)14-24(2,3)23(32)33/h9-11,17,26,31H,4-8,13-14H2,1-3H3,(H,32,33)/t17-/m0/s1. The largest absolute Gasteiger partial charge is 0.507 e. The number of likely N-dealkylation sites (tertiary alicyclic amines) is 1. The van der Waals surface area contributed by atoms with Crippen molar-refractivity contribution in [3.63, 3.8) is 0 Å². The number of phenolic OH excluding ortho intramolecular Hbond substituents is 1. The molecule has 1 aromatic carbocycles. The van der Waals surface area contributed by atoms with Gasteiger partial charge in [-0.25, -0.2) is 0 Å². The number of carboxylic acid groups (broad SMARTS) is 1. The fourth-order valence-corrected chi connectivity index (χ4v) is 4.84. The number of carbonyl (C=O) groups is 1. The Morgan fingerprint density at radius 3 is 2.79 bits per heavy atom. The number of aryl methyl sites for hydroxylation is 1. The summed E-state index contributed by atoms with van der Waals surface area (Å²) in [6.07, 6.45) is 2.02. The van der Waals surface area contributed by atoms with Crippen molar-refractivity contribution in [1.29, 1.82) is 5.26 Å². The Hall–Kier alpha value is -3.38. The first kappa shape index (κ1) is 22.8. The average molecular weight is 451 g/mol. The van der Waals surface area contributed by atoms with Gasteiger partial charge in [0.1, 0.15) is 5.75 Å². The quantitative estimate of drug-likeness (QED) is 0.630. The van der Waals surface area contributed by atoms with Gasteiger partial charge in [-0.3, -0.25) is 4.79 Å². The molecule has 9 nitrogen and oxygen atoms in total. The molecule has 33 heavy (non-hydrogen) atoms. The molecule has 3 N–H and O–H groups in total. The number of piperidine rings is 1. The number of rotatable bonds is 5. The summed E-state index contributed by atoms with van der Waals surface area (Å²) in [6, 6.07) is 7.35. The van der Waals surface area contributed by atoms with Crippen LogP contribution in [0.1, 0.15) is 37.8 Å². The second-order valence-electron chi connectivity index (χ2n) is 9.61. The van der Waals surface area contributed by atoms with E-state index in [9.17, 15) is 15.0 Å². The van der Waals surface area contributed by atoms with E-state index in [4.69, 9.17) is 5.26 Å². The van der Waals surface area contributed by atoms with Gasteiger partial charge < -0.3 is 25.3 Å². The van der Waals surface area contributed by atoms with Gasteiger partial charge in [-0.05, 0) is 63.9 Å². The van der Waals surface area contributed by atoms with Gasteiger partial charge >= 0.3 is 5.97 Å². The van der Waals surface area contributed by atoms with Crippen LogP contribution in [0.15, 0.2) is 18.2 Å². The molecule has 0 bridgehead atoms. The zero-order chi connectivity index (χ0) is 23.8. The Kier molecular flexibility index (Phi) is 6.13. The topological polar surface area (TPSA) is 126 Å². The number of phenols is 1. The number of aromatic nitrogens is 2. The SMILES string of the molecule is Cc1cc(C#N)cc(O)c1-c1cc2c(nn1)N([C@H]1CCCN(CC(C)(C)C(=O)O)C1)CCN2. The van der Waals surface area contributed by atoms with Crippen LogP contribution in [-0.2, 0) is 4.79 Å². The number of nitrogens with one attached hydrogen (secondary N) is 1. The van der Waals surface area contributed by atoms with Crippen molar-refractivity contribution < 1.29 is 15.0 Å². The van der Waals surface area contributed by atoms with Crippen molar-refractivity contribution in [3.8, 4) is 23.1 Å². The number of hydrogen-bond donors (Lipinski definition) is 3. The Balaban J connectivity index is 1.58. The summed E-state index contributed by atoms with van der Waals surface area (Å²) >= 11 is 0. The summed E-state index contributed by atoms with van der Waals surface area (Å²) in [6.45, 7) is 9.13. The van der Waals surface area contributed by atoms with Gasteiger partial charge in [0.25, 0.3) is 0 Å². The molecule has 0 amide bonds. The fourth-order valence-electron chi connectivity index (χ4n) is 4.84. The molecule has 1 saturated heterocycles. The number of carboxylic acids is 1. The zero-order valence-electron chi connectivity index (χ0n) is 19.3. The molecule has 9 heteroatoms. The lowest BCUT2D eigenvalue weighted by molar-refractivity contribution is -0.148. The summed E-state index contributed by atoms with van der Waals surface area (Å²) in [5.41, 5.74) is 2.35. The second kappa shape index (κ2) is 8.87. The van der Waals surface area contributed by atoms with E-state index < -0.39 is 11.4 Å². The third kappa shape index (κ3) is 4.57. The Labute approximate surface area is 193 Å². The molecule has 2 aromatic rings. The van der Waals surface area contributed by atoms with Gasteiger partial charge in [0, 0.05) is 37.8 Å². The molecule has 1 aromatic heterocycles. The van der Waals surface area contributed by atoms with Crippen LogP contribution in [-0.4, -0.2) is 70.0 Å². The maximum Gasteiger partial charge on any atom is 0.310 e. The number of fused-ring (bicyclic) bond motifs is 1. The third-order valence-corrected chi connectivity index (χ3v) is 6.53. The first-order valence-electron chi connectivity index (χ1n) is 11.3. The summed E-state index contributed by atoms with van der Waals surface area (Å²) in [5, 5.41) is 41.5. The highest BCUT2D eigenvalue weighted by atomic mass is 16.4. The Morgan fingerprint density at radius 1 is 1.30 bits per heavy atom. The van der Waals surface area contributed by atoms with Gasteiger partial charge in [-0.1, -0.05) is 0 Å².